The van der Waals surface area contributed by atoms with Gasteiger partial charge in [0.15, 0.2) is 0 Å². The second-order valence-corrected chi connectivity index (χ2v) is 4.38. The standard InChI is InChI=1S/C13H15NO2/c1-9-7-15-11-3-2-4-12(13(9)11)16-8-10-5-14-6-10/h2-4,7,10,14H,5-6,8H2,1H3. The van der Waals surface area contributed by atoms with E-state index in [0.29, 0.717) is 5.92 Å². The monoisotopic (exact) mass is 217 g/mol. The summed E-state index contributed by atoms with van der Waals surface area (Å²) in [6, 6.07) is 5.96. The molecule has 3 heteroatoms. The molecular weight excluding hydrogens is 202 g/mol. The average molecular weight is 217 g/mol. The predicted octanol–water partition coefficient (Wildman–Crippen LogP) is 2.34. The zero-order valence-corrected chi connectivity index (χ0v) is 9.32. The third kappa shape index (κ3) is 1.57. The van der Waals surface area contributed by atoms with E-state index in [2.05, 4.69) is 5.32 Å². The topological polar surface area (TPSA) is 34.4 Å². The maximum atomic E-state index is 5.86. The van der Waals surface area contributed by atoms with Crippen molar-refractivity contribution in [3.63, 3.8) is 0 Å². The van der Waals surface area contributed by atoms with Crippen LogP contribution in [0.4, 0.5) is 0 Å². The fraction of sp³-hybridized carbons (Fsp3) is 0.385. The zero-order chi connectivity index (χ0) is 11.0. The van der Waals surface area contributed by atoms with E-state index in [1.54, 1.807) is 6.26 Å². The summed E-state index contributed by atoms with van der Waals surface area (Å²) in [6.07, 6.45) is 1.78. The van der Waals surface area contributed by atoms with Gasteiger partial charge in [0, 0.05) is 19.0 Å². The average Bonchev–Trinajstić information content (AvgIpc) is 2.59. The molecule has 1 N–H and O–H groups in total. The molecule has 1 aromatic carbocycles. The summed E-state index contributed by atoms with van der Waals surface area (Å²) >= 11 is 0. The molecule has 1 aliphatic heterocycles. The molecule has 1 aliphatic rings. The summed E-state index contributed by atoms with van der Waals surface area (Å²) in [5.41, 5.74) is 2.04. The number of nitrogens with one attached hydrogen (secondary N) is 1. The van der Waals surface area contributed by atoms with E-state index in [9.17, 15) is 0 Å². The van der Waals surface area contributed by atoms with Crippen molar-refractivity contribution in [3.8, 4) is 5.75 Å². The van der Waals surface area contributed by atoms with Gasteiger partial charge in [-0.15, -0.1) is 0 Å². The summed E-state index contributed by atoms with van der Waals surface area (Å²) in [6.45, 7) is 4.97. The Morgan fingerprint density at radius 1 is 1.44 bits per heavy atom. The molecule has 0 radical (unpaired) electrons. The van der Waals surface area contributed by atoms with Gasteiger partial charge in [-0.25, -0.2) is 0 Å². The lowest BCUT2D eigenvalue weighted by Gasteiger charge is -2.26. The maximum absolute atomic E-state index is 5.86. The van der Waals surface area contributed by atoms with Crippen molar-refractivity contribution < 1.29 is 9.15 Å². The number of benzene rings is 1. The van der Waals surface area contributed by atoms with Crippen molar-refractivity contribution in [2.75, 3.05) is 19.7 Å². The van der Waals surface area contributed by atoms with E-state index in [-0.39, 0.29) is 0 Å². The molecule has 0 unspecified atom stereocenters. The van der Waals surface area contributed by atoms with Crippen molar-refractivity contribution in [1.29, 1.82) is 0 Å². The molecule has 3 rings (SSSR count). The van der Waals surface area contributed by atoms with Crippen LogP contribution in [0.3, 0.4) is 0 Å². The minimum atomic E-state index is 0.655. The van der Waals surface area contributed by atoms with Crippen LogP contribution in [0.25, 0.3) is 11.0 Å². The van der Waals surface area contributed by atoms with Gasteiger partial charge >= 0.3 is 0 Å². The Morgan fingerprint density at radius 3 is 3.06 bits per heavy atom. The van der Waals surface area contributed by atoms with Gasteiger partial charge in [0.05, 0.1) is 18.3 Å². The summed E-state index contributed by atoms with van der Waals surface area (Å²) < 4.78 is 11.3. The van der Waals surface area contributed by atoms with Crippen molar-refractivity contribution in [2.24, 2.45) is 5.92 Å². The van der Waals surface area contributed by atoms with Crippen LogP contribution in [0, 0.1) is 12.8 Å². The number of rotatable bonds is 3. The molecule has 16 heavy (non-hydrogen) atoms. The summed E-state index contributed by atoms with van der Waals surface area (Å²) in [7, 11) is 0. The van der Waals surface area contributed by atoms with Gasteiger partial charge in [0.2, 0.25) is 0 Å². The summed E-state index contributed by atoms with van der Waals surface area (Å²) in [5, 5.41) is 4.35. The fourth-order valence-electron chi connectivity index (χ4n) is 2.00. The van der Waals surface area contributed by atoms with Crippen LogP contribution in [0.15, 0.2) is 28.9 Å². The largest absolute Gasteiger partial charge is 0.492 e. The first-order chi connectivity index (χ1) is 7.84. The van der Waals surface area contributed by atoms with Crippen molar-refractivity contribution in [1.82, 2.24) is 5.32 Å². The first kappa shape index (κ1) is 9.73. The number of ether oxygens (including phenoxy) is 1. The molecule has 3 nitrogen and oxygen atoms in total. The van der Waals surface area contributed by atoms with E-state index in [1.165, 1.54) is 0 Å². The van der Waals surface area contributed by atoms with Crippen LogP contribution in [-0.4, -0.2) is 19.7 Å². The van der Waals surface area contributed by atoms with Gasteiger partial charge in [-0.3, -0.25) is 0 Å². The highest BCUT2D eigenvalue weighted by atomic mass is 16.5. The van der Waals surface area contributed by atoms with Crippen LogP contribution in [0.2, 0.25) is 0 Å². The lowest BCUT2D eigenvalue weighted by atomic mass is 10.1. The molecule has 0 amide bonds. The molecule has 1 fully saturated rings. The second-order valence-electron chi connectivity index (χ2n) is 4.38. The number of hydrogen-bond donors (Lipinski definition) is 1. The Labute approximate surface area is 94.4 Å². The van der Waals surface area contributed by atoms with E-state index >= 15 is 0 Å². The second kappa shape index (κ2) is 3.83. The molecule has 1 saturated heterocycles. The van der Waals surface area contributed by atoms with E-state index in [0.717, 1.165) is 42.0 Å². The Hall–Kier alpha value is -1.48. The molecule has 0 bridgehead atoms. The van der Waals surface area contributed by atoms with Gasteiger partial charge in [-0.05, 0) is 24.6 Å². The molecule has 84 valence electrons. The van der Waals surface area contributed by atoms with Crippen LogP contribution < -0.4 is 10.1 Å². The van der Waals surface area contributed by atoms with Gasteiger partial charge < -0.3 is 14.5 Å². The quantitative estimate of drug-likeness (QED) is 0.857. The minimum absolute atomic E-state index is 0.655. The van der Waals surface area contributed by atoms with Crippen LogP contribution in [-0.2, 0) is 0 Å². The molecule has 2 aromatic rings. The molecule has 0 aliphatic carbocycles. The highest BCUT2D eigenvalue weighted by Gasteiger charge is 2.18. The molecule has 0 saturated carbocycles. The highest BCUT2D eigenvalue weighted by Crippen LogP contribution is 2.30. The lowest BCUT2D eigenvalue weighted by Crippen LogP contribution is -2.45. The van der Waals surface area contributed by atoms with Gasteiger partial charge in [-0.1, -0.05) is 6.07 Å². The van der Waals surface area contributed by atoms with Crippen molar-refractivity contribution in [2.45, 2.75) is 6.92 Å². The number of aryl methyl sites for hydroxylation is 1. The summed E-state index contributed by atoms with van der Waals surface area (Å²) in [4.78, 5) is 0. The first-order valence-electron chi connectivity index (χ1n) is 5.65. The smallest absolute Gasteiger partial charge is 0.137 e. The molecule has 0 atom stereocenters. The lowest BCUT2D eigenvalue weighted by molar-refractivity contribution is 0.201. The Kier molecular flexibility index (Phi) is 2.33. The molecule has 1 aromatic heterocycles. The molecule has 2 heterocycles. The van der Waals surface area contributed by atoms with E-state index < -0.39 is 0 Å². The van der Waals surface area contributed by atoms with Crippen molar-refractivity contribution >= 4 is 11.0 Å². The van der Waals surface area contributed by atoms with E-state index in [4.69, 9.17) is 9.15 Å². The third-order valence-corrected chi connectivity index (χ3v) is 3.09. The third-order valence-electron chi connectivity index (χ3n) is 3.09. The zero-order valence-electron chi connectivity index (χ0n) is 9.32. The maximum Gasteiger partial charge on any atom is 0.137 e. The number of hydrogen-bond acceptors (Lipinski definition) is 3. The van der Waals surface area contributed by atoms with Gasteiger partial charge in [0.25, 0.3) is 0 Å². The minimum Gasteiger partial charge on any atom is -0.492 e. The van der Waals surface area contributed by atoms with Crippen LogP contribution in [0.5, 0.6) is 5.75 Å². The molecule has 0 spiro atoms. The number of fused-ring (bicyclic) bond motifs is 1. The highest BCUT2D eigenvalue weighted by molar-refractivity contribution is 5.87. The fourth-order valence-corrected chi connectivity index (χ4v) is 2.00. The number of furan rings is 1. The first-order valence-corrected chi connectivity index (χ1v) is 5.65. The summed E-state index contributed by atoms with van der Waals surface area (Å²) in [5.74, 6) is 1.60. The van der Waals surface area contributed by atoms with Crippen LogP contribution >= 0.6 is 0 Å². The SMILES string of the molecule is Cc1coc2cccc(OCC3CNC3)c12. The van der Waals surface area contributed by atoms with Crippen LogP contribution in [0.1, 0.15) is 5.56 Å². The van der Waals surface area contributed by atoms with Gasteiger partial charge in [-0.2, -0.15) is 0 Å². The van der Waals surface area contributed by atoms with Gasteiger partial charge in [0.1, 0.15) is 11.3 Å². The Bertz CT molecular complexity index is 500. The van der Waals surface area contributed by atoms with E-state index in [1.807, 2.05) is 25.1 Å². The molecular formula is C13H15NO2. The normalized spacial score (nSPS) is 16.3. The van der Waals surface area contributed by atoms with Crippen molar-refractivity contribution in [3.05, 3.63) is 30.0 Å². The Morgan fingerprint density at radius 2 is 2.31 bits per heavy atom. The predicted molar refractivity (Wildman–Crippen MR) is 62.8 cm³/mol. The Balaban J connectivity index is 1.86.